The van der Waals surface area contributed by atoms with E-state index in [0.717, 1.165) is 5.92 Å². The maximum Gasteiger partial charge on any atom is -0.0167 e. The molecule has 0 amide bonds. The highest BCUT2D eigenvalue weighted by Crippen LogP contribution is 2.22. The van der Waals surface area contributed by atoms with Crippen LogP contribution in [0.25, 0.3) is 0 Å². The second kappa shape index (κ2) is 12.3. The first-order valence-corrected chi connectivity index (χ1v) is 6.84. The van der Waals surface area contributed by atoms with Crippen LogP contribution in [0.2, 0.25) is 0 Å². The van der Waals surface area contributed by atoms with Crippen molar-refractivity contribution < 1.29 is 0 Å². The van der Waals surface area contributed by atoms with Crippen LogP contribution in [-0.2, 0) is 0 Å². The second-order valence-electron chi connectivity index (χ2n) is 3.42. The van der Waals surface area contributed by atoms with Gasteiger partial charge in [-0.15, -0.1) is 0 Å². The molecule has 0 aliphatic heterocycles. The van der Waals surface area contributed by atoms with Crippen LogP contribution in [-0.4, -0.2) is 0 Å². The maximum atomic E-state index is 2.26. The van der Waals surface area contributed by atoms with Crippen molar-refractivity contribution in [2.45, 2.75) is 67.2 Å². The van der Waals surface area contributed by atoms with Gasteiger partial charge in [0.1, 0.15) is 0 Å². The van der Waals surface area contributed by atoms with Gasteiger partial charge in [-0.3, -0.25) is 0 Å². The lowest BCUT2D eigenvalue weighted by Crippen LogP contribution is -1.94. The molecule has 1 aromatic carbocycles. The van der Waals surface area contributed by atoms with Crippen LogP contribution in [0.1, 0.15) is 71.4 Å². The lowest BCUT2D eigenvalue weighted by atomic mass is 9.93. The Morgan fingerprint density at radius 1 is 0.812 bits per heavy atom. The van der Waals surface area contributed by atoms with Crippen LogP contribution in [0, 0.1) is 6.92 Å². The Bertz CT molecular complexity index is 216. The average Bonchev–Trinajstić information content (AvgIpc) is 2.38. The van der Waals surface area contributed by atoms with Crippen molar-refractivity contribution in [1.29, 1.82) is 0 Å². The zero-order chi connectivity index (χ0) is 13.0. The molecule has 0 unspecified atom stereocenters. The summed E-state index contributed by atoms with van der Waals surface area (Å²) in [4.78, 5) is 0. The molecule has 0 fully saturated rings. The van der Waals surface area contributed by atoms with E-state index in [1.165, 1.54) is 24.0 Å². The Morgan fingerprint density at radius 3 is 1.50 bits per heavy atom. The summed E-state index contributed by atoms with van der Waals surface area (Å²) in [6, 6.07) is 8.92. The molecule has 0 atom stereocenters. The molecule has 94 valence electrons. The monoisotopic (exact) mass is 222 g/mol. The van der Waals surface area contributed by atoms with Crippen molar-refractivity contribution in [3.63, 3.8) is 0 Å². The van der Waals surface area contributed by atoms with Gasteiger partial charge in [0.2, 0.25) is 0 Å². The smallest absolute Gasteiger partial charge is 0.0167 e. The molecule has 1 rings (SSSR count). The Hall–Kier alpha value is -0.780. The molecular weight excluding hydrogens is 192 g/mol. The summed E-state index contributed by atoms with van der Waals surface area (Å²) in [6.07, 6.45) is 2.50. The molecule has 0 radical (unpaired) electrons. The summed E-state index contributed by atoms with van der Waals surface area (Å²) in [5.74, 6) is 0.755. The van der Waals surface area contributed by atoms with Crippen LogP contribution in [0.15, 0.2) is 24.3 Å². The van der Waals surface area contributed by atoms with Gasteiger partial charge in [0.05, 0.1) is 0 Å². The van der Waals surface area contributed by atoms with Crippen LogP contribution in [0.3, 0.4) is 0 Å². The van der Waals surface area contributed by atoms with Crippen LogP contribution in [0.5, 0.6) is 0 Å². The fourth-order valence-electron chi connectivity index (χ4n) is 1.60. The van der Waals surface area contributed by atoms with Gasteiger partial charge in [-0.25, -0.2) is 0 Å². The first kappa shape index (κ1) is 17.6. The lowest BCUT2D eigenvalue weighted by molar-refractivity contribution is 0.642. The van der Waals surface area contributed by atoms with Gasteiger partial charge >= 0.3 is 0 Å². The van der Waals surface area contributed by atoms with E-state index in [1.54, 1.807) is 0 Å². The molecule has 0 heterocycles. The topological polar surface area (TPSA) is 0 Å². The highest BCUT2D eigenvalue weighted by molar-refractivity contribution is 5.24. The summed E-state index contributed by atoms with van der Waals surface area (Å²) in [5, 5.41) is 0. The average molecular weight is 222 g/mol. The standard InChI is InChI=1S/C12H18.2C2H6/c1-4-11(5-2)12-8-6-10(3)7-9-12;2*1-2/h6-9,11H,4-5H2,1-3H3;2*1-2H3. The minimum Gasteiger partial charge on any atom is -0.0683 e. The first-order chi connectivity index (χ1) is 7.77. The summed E-state index contributed by atoms with van der Waals surface area (Å²) in [5.41, 5.74) is 2.84. The molecule has 0 spiro atoms. The molecule has 0 saturated heterocycles. The molecule has 0 nitrogen and oxygen atoms in total. The van der Waals surface area contributed by atoms with Gasteiger partial charge in [0, 0.05) is 0 Å². The first-order valence-electron chi connectivity index (χ1n) is 6.84. The molecule has 0 aliphatic carbocycles. The Morgan fingerprint density at radius 2 is 1.19 bits per heavy atom. The van der Waals surface area contributed by atoms with Gasteiger partial charge in [0.15, 0.2) is 0 Å². The lowest BCUT2D eigenvalue weighted by Gasteiger charge is -2.12. The number of rotatable bonds is 3. The van der Waals surface area contributed by atoms with E-state index in [1.807, 2.05) is 27.7 Å². The Labute approximate surface area is 103 Å². The van der Waals surface area contributed by atoms with Gasteiger partial charge in [0.25, 0.3) is 0 Å². The van der Waals surface area contributed by atoms with Gasteiger partial charge in [-0.1, -0.05) is 71.4 Å². The minimum absolute atomic E-state index is 0.755. The van der Waals surface area contributed by atoms with Crippen molar-refractivity contribution in [3.05, 3.63) is 35.4 Å². The van der Waals surface area contributed by atoms with E-state index in [4.69, 9.17) is 0 Å². The van der Waals surface area contributed by atoms with Crippen molar-refractivity contribution in [2.75, 3.05) is 0 Å². The third-order valence-electron chi connectivity index (χ3n) is 2.53. The van der Waals surface area contributed by atoms with Gasteiger partial charge in [-0.2, -0.15) is 0 Å². The molecule has 0 heteroatoms. The van der Waals surface area contributed by atoms with Crippen LogP contribution >= 0.6 is 0 Å². The molecule has 0 aromatic heterocycles. The number of benzene rings is 1. The Balaban J connectivity index is 0. The molecular formula is C16H30. The fourth-order valence-corrected chi connectivity index (χ4v) is 1.60. The molecule has 0 saturated carbocycles. The molecule has 0 aliphatic rings. The zero-order valence-corrected chi connectivity index (χ0v) is 12.3. The van der Waals surface area contributed by atoms with E-state index in [0.29, 0.717) is 0 Å². The largest absolute Gasteiger partial charge is 0.0683 e. The zero-order valence-electron chi connectivity index (χ0n) is 12.3. The van der Waals surface area contributed by atoms with Crippen LogP contribution in [0.4, 0.5) is 0 Å². The highest BCUT2D eigenvalue weighted by Gasteiger charge is 2.04. The predicted octanol–water partition coefficient (Wildman–Crippen LogP) is 5.95. The maximum absolute atomic E-state index is 2.26. The fraction of sp³-hybridized carbons (Fsp3) is 0.625. The minimum atomic E-state index is 0.755. The molecule has 1 aromatic rings. The van der Waals surface area contributed by atoms with Crippen molar-refractivity contribution in [2.24, 2.45) is 0 Å². The van der Waals surface area contributed by atoms with E-state index in [-0.39, 0.29) is 0 Å². The molecule has 0 N–H and O–H groups in total. The normalized spacial score (nSPS) is 8.75. The van der Waals surface area contributed by atoms with E-state index < -0.39 is 0 Å². The highest BCUT2D eigenvalue weighted by atomic mass is 14.1. The van der Waals surface area contributed by atoms with Gasteiger partial charge < -0.3 is 0 Å². The third-order valence-corrected chi connectivity index (χ3v) is 2.53. The molecule has 16 heavy (non-hydrogen) atoms. The predicted molar refractivity (Wildman–Crippen MR) is 77.2 cm³/mol. The summed E-state index contributed by atoms with van der Waals surface area (Å²) < 4.78 is 0. The van der Waals surface area contributed by atoms with E-state index in [2.05, 4.69) is 45.0 Å². The van der Waals surface area contributed by atoms with Gasteiger partial charge in [-0.05, 0) is 31.2 Å². The van der Waals surface area contributed by atoms with Crippen molar-refractivity contribution in [1.82, 2.24) is 0 Å². The van der Waals surface area contributed by atoms with Crippen molar-refractivity contribution in [3.8, 4) is 0 Å². The number of hydrogen-bond acceptors (Lipinski definition) is 0. The third kappa shape index (κ3) is 6.66. The quantitative estimate of drug-likeness (QED) is 0.592. The second-order valence-corrected chi connectivity index (χ2v) is 3.42. The summed E-state index contributed by atoms with van der Waals surface area (Å²) in [7, 11) is 0. The SMILES string of the molecule is CC.CC.CCC(CC)c1ccc(C)cc1. The Kier molecular flexibility index (Phi) is 13.5. The number of aryl methyl sites for hydroxylation is 1. The summed E-state index contributed by atoms with van der Waals surface area (Å²) in [6.45, 7) is 14.7. The number of hydrogen-bond donors (Lipinski definition) is 0. The summed E-state index contributed by atoms with van der Waals surface area (Å²) >= 11 is 0. The van der Waals surface area contributed by atoms with E-state index >= 15 is 0 Å². The van der Waals surface area contributed by atoms with E-state index in [9.17, 15) is 0 Å². The van der Waals surface area contributed by atoms with Crippen LogP contribution < -0.4 is 0 Å². The molecule has 0 bridgehead atoms. The van der Waals surface area contributed by atoms with Crippen molar-refractivity contribution >= 4 is 0 Å².